The van der Waals surface area contributed by atoms with Crippen molar-refractivity contribution in [3.8, 4) is 0 Å². The number of fused-ring (bicyclic) bond motifs is 5. The third-order valence-corrected chi connectivity index (χ3v) is 9.61. The van der Waals surface area contributed by atoms with Crippen LogP contribution in [0.4, 0.5) is 0 Å². The van der Waals surface area contributed by atoms with Gasteiger partial charge in [-0.1, -0.05) is 49.8 Å². The summed E-state index contributed by atoms with van der Waals surface area (Å²) >= 11 is 0. The van der Waals surface area contributed by atoms with E-state index >= 15 is 0 Å². The Balaban J connectivity index is 1.26. The molecular formula is C28H36O3. The van der Waals surface area contributed by atoms with E-state index in [9.17, 15) is 9.59 Å². The van der Waals surface area contributed by atoms with Crippen LogP contribution in [-0.2, 0) is 20.7 Å². The van der Waals surface area contributed by atoms with Gasteiger partial charge in [-0.25, -0.2) is 0 Å². The molecule has 0 spiro atoms. The van der Waals surface area contributed by atoms with Gasteiger partial charge in [0.1, 0.15) is 6.10 Å². The van der Waals surface area contributed by atoms with Gasteiger partial charge >= 0.3 is 5.97 Å². The Kier molecular flexibility index (Phi) is 5.35. The van der Waals surface area contributed by atoms with Gasteiger partial charge in [0.25, 0.3) is 0 Å². The van der Waals surface area contributed by atoms with Gasteiger partial charge in [-0.15, -0.1) is 0 Å². The maximum absolute atomic E-state index is 12.7. The van der Waals surface area contributed by atoms with Gasteiger partial charge in [-0.3, -0.25) is 9.59 Å². The third-order valence-electron chi connectivity index (χ3n) is 9.61. The van der Waals surface area contributed by atoms with Crippen LogP contribution in [0.25, 0.3) is 0 Å². The SMILES string of the molecule is C[C@@]12CC[C@@H]3[C@@H](CCC4=CC(=O)CC[C@@]43C)[C@@H]1CC[C@H]2OC(=O)CCc1ccccc1. The second-order valence-corrected chi connectivity index (χ2v) is 11.1. The first-order chi connectivity index (χ1) is 14.9. The van der Waals surface area contributed by atoms with E-state index in [4.69, 9.17) is 4.74 Å². The largest absolute Gasteiger partial charge is 0.462 e. The molecule has 3 saturated carbocycles. The zero-order valence-corrected chi connectivity index (χ0v) is 19.1. The first-order valence-corrected chi connectivity index (χ1v) is 12.4. The summed E-state index contributed by atoms with van der Waals surface area (Å²) < 4.78 is 6.14. The summed E-state index contributed by atoms with van der Waals surface area (Å²) in [6.07, 6.45) is 11.8. The number of ether oxygens (including phenoxy) is 1. The standard InChI is InChI=1S/C28H36O3/c1-27-16-14-21(29)18-20(27)9-10-22-23-11-12-25(28(23,2)17-15-24(22)27)31-26(30)13-8-19-6-4-3-5-7-19/h3-7,18,22-25H,8-17H2,1-2H3/t22-,23-,24+,25+,27-,28+/m0/s1. The molecule has 0 unspecified atom stereocenters. The fraction of sp³-hybridized carbons (Fsp3) is 0.643. The highest BCUT2D eigenvalue weighted by molar-refractivity contribution is 5.91. The van der Waals surface area contributed by atoms with Crippen molar-refractivity contribution in [3.63, 3.8) is 0 Å². The lowest BCUT2D eigenvalue weighted by Crippen LogP contribution is -2.51. The summed E-state index contributed by atoms with van der Waals surface area (Å²) in [7, 11) is 0. The van der Waals surface area contributed by atoms with Gasteiger partial charge in [-0.05, 0) is 86.2 Å². The van der Waals surface area contributed by atoms with Crippen LogP contribution < -0.4 is 0 Å². The Morgan fingerprint density at radius 2 is 1.81 bits per heavy atom. The van der Waals surface area contributed by atoms with Crippen molar-refractivity contribution >= 4 is 11.8 Å². The average Bonchev–Trinajstić information content (AvgIpc) is 3.10. The minimum absolute atomic E-state index is 0.0375. The highest BCUT2D eigenvalue weighted by Crippen LogP contribution is 2.65. The van der Waals surface area contributed by atoms with E-state index in [-0.39, 0.29) is 22.9 Å². The van der Waals surface area contributed by atoms with E-state index in [1.807, 2.05) is 24.3 Å². The molecule has 4 aliphatic rings. The number of ketones is 1. The molecule has 5 rings (SSSR count). The lowest BCUT2D eigenvalue weighted by atomic mass is 9.47. The summed E-state index contributed by atoms with van der Waals surface area (Å²) in [6, 6.07) is 10.2. The van der Waals surface area contributed by atoms with Crippen LogP contribution in [0.1, 0.15) is 77.2 Å². The molecule has 1 aromatic carbocycles. The Bertz CT molecular complexity index is 887. The van der Waals surface area contributed by atoms with E-state index < -0.39 is 0 Å². The van der Waals surface area contributed by atoms with Crippen molar-refractivity contribution < 1.29 is 14.3 Å². The second-order valence-electron chi connectivity index (χ2n) is 11.1. The monoisotopic (exact) mass is 420 g/mol. The maximum atomic E-state index is 12.7. The number of carbonyl (C=O) groups excluding carboxylic acids is 2. The van der Waals surface area contributed by atoms with Crippen LogP contribution in [0.15, 0.2) is 42.0 Å². The molecule has 0 radical (unpaired) electrons. The Morgan fingerprint density at radius 1 is 1.00 bits per heavy atom. The fourth-order valence-corrected chi connectivity index (χ4v) is 7.81. The fourth-order valence-electron chi connectivity index (χ4n) is 7.81. The Hall–Kier alpha value is -1.90. The molecule has 0 bridgehead atoms. The lowest BCUT2D eigenvalue weighted by Gasteiger charge is -2.57. The molecule has 3 fully saturated rings. The highest BCUT2D eigenvalue weighted by atomic mass is 16.5. The summed E-state index contributed by atoms with van der Waals surface area (Å²) in [5.74, 6) is 2.34. The van der Waals surface area contributed by atoms with Crippen LogP contribution in [0.3, 0.4) is 0 Å². The van der Waals surface area contributed by atoms with Crippen LogP contribution in [0.2, 0.25) is 0 Å². The summed E-state index contributed by atoms with van der Waals surface area (Å²) in [6.45, 7) is 4.83. The quantitative estimate of drug-likeness (QED) is 0.556. The van der Waals surface area contributed by atoms with Gasteiger partial charge in [0.15, 0.2) is 5.78 Å². The molecule has 1 aromatic rings. The number of allylic oxidation sites excluding steroid dienone is 1. The molecule has 4 aliphatic carbocycles. The van der Waals surface area contributed by atoms with Crippen LogP contribution >= 0.6 is 0 Å². The topological polar surface area (TPSA) is 43.4 Å². The van der Waals surface area contributed by atoms with Crippen molar-refractivity contribution in [2.45, 2.75) is 84.2 Å². The number of hydrogen-bond donors (Lipinski definition) is 0. The van der Waals surface area contributed by atoms with E-state index in [0.29, 0.717) is 36.4 Å². The van der Waals surface area contributed by atoms with Gasteiger partial charge in [-0.2, -0.15) is 0 Å². The van der Waals surface area contributed by atoms with Gasteiger partial charge in [0.2, 0.25) is 0 Å². The van der Waals surface area contributed by atoms with Crippen molar-refractivity contribution in [2.24, 2.45) is 28.6 Å². The molecule has 0 amide bonds. The minimum atomic E-state index is -0.0375. The summed E-state index contributed by atoms with van der Waals surface area (Å²) in [5, 5.41) is 0. The third kappa shape index (κ3) is 3.58. The molecule has 3 heteroatoms. The van der Waals surface area contributed by atoms with Crippen LogP contribution in [0, 0.1) is 28.6 Å². The van der Waals surface area contributed by atoms with E-state index in [1.54, 1.807) is 0 Å². The van der Waals surface area contributed by atoms with Crippen molar-refractivity contribution in [2.75, 3.05) is 0 Å². The second kappa shape index (κ2) is 7.90. The van der Waals surface area contributed by atoms with E-state index in [2.05, 4.69) is 26.0 Å². The molecule has 166 valence electrons. The van der Waals surface area contributed by atoms with Crippen LogP contribution in [-0.4, -0.2) is 17.9 Å². The zero-order chi connectivity index (χ0) is 21.6. The normalized spacial score (nSPS) is 39.2. The number of esters is 1. The highest BCUT2D eigenvalue weighted by Gasteiger charge is 2.59. The summed E-state index contributed by atoms with van der Waals surface area (Å²) in [4.78, 5) is 24.7. The van der Waals surface area contributed by atoms with Crippen LogP contribution in [0.5, 0.6) is 0 Å². The minimum Gasteiger partial charge on any atom is -0.462 e. The molecular weight excluding hydrogens is 384 g/mol. The lowest BCUT2D eigenvalue weighted by molar-refractivity contribution is -0.159. The molecule has 0 aliphatic heterocycles. The number of rotatable bonds is 4. The predicted octanol–water partition coefficient (Wildman–Crippen LogP) is 6.06. The first kappa shape index (κ1) is 21.0. The van der Waals surface area contributed by atoms with Crippen molar-refractivity contribution in [1.29, 1.82) is 0 Å². The molecule has 0 N–H and O–H groups in total. The average molecular weight is 421 g/mol. The van der Waals surface area contributed by atoms with Gasteiger partial charge in [0.05, 0.1) is 0 Å². The maximum Gasteiger partial charge on any atom is 0.306 e. The number of hydrogen-bond acceptors (Lipinski definition) is 3. The van der Waals surface area contributed by atoms with Crippen molar-refractivity contribution in [3.05, 3.63) is 47.5 Å². The smallest absolute Gasteiger partial charge is 0.306 e. The Morgan fingerprint density at radius 3 is 2.61 bits per heavy atom. The van der Waals surface area contributed by atoms with Gasteiger partial charge < -0.3 is 4.74 Å². The number of carbonyl (C=O) groups is 2. The predicted molar refractivity (Wildman–Crippen MR) is 121 cm³/mol. The number of aryl methyl sites for hydroxylation is 1. The number of benzene rings is 1. The van der Waals surface area contributed by atoms with Gasteiger partial charge in [0, 0.05) is 18.3 Å². The van der Waals surface area contributed by atoms with E-state index in [1.165, 1.54) is 30.4 Å². The first-order valence-electron chi connectivity index (χ1n) is 12.4. The molecule has 0 heterocycles. The zero-order valence-electron chi connectivity index (χ0n) is 19.1. The Labute approximate surface area is 186 Å². The summed E-state index contributed by atoms with van der Waals surface area (Å²) in [5.41, 5.74) is 2.95. The van der Waals surface area contributed by atoms with Crippen molar-refractivity contribution in [1.82, 2.24) is 0 Å². The van der Waals surface area contributed by atoms with E-state index in [0.717, 1.165) is 32.1 Å². The molecule has 6 atom stereocenters. The molecule has 3 nitrogen and oxygen atoms in total. The molecule has 31 heavy (non-hydrogen) atoms. The molecule has 0 aromatic heterocycles. The molecule has 0 saturated heterocycles.